The molecule has 3 nitrogen and oxygen atoms in total. The van der Waals surface area contributed by atoms with Crippen molar-refractivity contribution in [1.29, 1.82) is 0 Å². The van der Waals surface area contributed by atoms with Gasteiger partial charge >= 0.3 is 0 Å². The highest BCUT2D eigenvalue weighted by Gasteiger charge is 2.28. The van der Waals surface area contributed by atoms with E-state index in [1.54, 1.807) is 0 Å². The fraction of sp³-hybridized carbons (Fsp3) is 0.125. The number of ketones is 1. The van der Waals surface area contributed by atoms with Crippen LogP contribution in [0, 0.1) is 17.5 Å². The number of carbonyl (C=O) groups is 2. The second-order valence-corrected chi connectivity index (χ2v) is 4.92. The topological polar surface area (TPSA) is 37.4 Å². The summed E-state index contributed by atoms with van der Waals surface area (Å²) in [4.78, 5) is 25.5. The SMILES string of the molecule is O=C1CCN(C(=O)c2ccc(F)c(F)c2)c2ccc(F)cc21. The number of anilines is 1. The molecular formula is C16H10F3NO2. The molecule has 0 radical (unpaired) electrons. The van der Waals surface area contributed by atoms with Crippen LogP contribution in [0.4, 0.5) is 18.9 Å². The van der Waals surface area contributed by atoms with Crippen LogP contribution in [-0.2, 0) is 0 Å². The predicted molar refractivity (Wildman–Crippen MR) is 73.4 cm³/mol. The van der Waals surface area contributed by atoms with E-state index in [0.29, 0.717) is 0 Å². The van der Waals surface area contributed by atoms with Crippen molar-refractivity contribution in [3.63, 3.8) is 0 Å². The fourth-order valence-corrected chi connectivity index (χ4v) is 2.43. The fourth-order valence-electron chi connectivity index (χ4n) is 2.43. The number of hydrogen-bond acceptors (Lipinski definition) is 2. The highest BCUT2D eigenvalue weighted by Crippen LogP contribution is 2.29. The molecule has 1 aliphatic heterocycles. The average molecular weight is 305 g/mol. The lowest BCUT2D eigenvalue weighted by molar-refractivity contribution is 0.0954. The van der Waals surface area contributed by atoms with Gasteiger partial charge in [0.15, 0.2) is 17.4 Å². The van der Waals surface area contributed by atoms with Crippen molar-refractivity contribution in [2.24, 2.45) is 0 Å². The van der Waals surface area contributed by atoms with E-state index >= 15 is 0 Å². The van der Waals surface area contributed by atoms with Gasteiger partial charge in [0.05, 0.1) is 5.69 Å². The van der Waals surface area contributed by atoms with Gasteiger partial charge in [-0.3, -0.25) is 9.59 Å². The van der Waals surface area contributed by atoms with Crippen molar-refractivity contribution < 1.29 is 22.8 Å². The van der Waals surface area contributed by atoms with E-state index in [9.17, 15) is 22.8 Å². The molecule has 2 aromatic carbocycles. The van der Waals surface area contributed by atoms with Crippen molar-refractivity contribution in [1.82, 2.24) is 0 Å². The first-order valence-electron chi connectivity index (χ1n) is 6.57. The molecule has 0 bridgehead atoms. The van der Waals surface area contributed by atoms with Gasteiger partial charge in [0.1, 0.15) is 5.82 Å². The summed E-state index contributed by atoms with van der Waals surface area (Å²) in [6.45, 7) is 0.106. The zero-order valence-electron chi connectivity index (χ0n) is 11.3. The van der Waals surface area contributed by atoms with Crippen LogP contribution in [0.2, 0.25) is 0 Å². The minimum absolute atomic E-state index is 0.0384. The quantitative estimate of drug-likeness (QED) is 0.810. The lowest BCUT2D eigenvalue weighted by Crippen LogP contribution is -2.37. The molecule has 1 amide bonds. The summed E-state index contributed by atoms with van der Waals surface area (Å²) in [6.07, 6.45) is 0.0475. The Hall–Kier alpha value is -2.63. The minimum atomic E-state index is -1.13. The largest absolute Gasteiger partial charge is 0.307 e. The number of benzene rings is 2. The molecule has 0 aromatic heterocycles. The Balaban J connectivity index is 2.02. The van der Waals surface area contributed by atoms with E-state index in [1.165, 1.54) is 17.0 Å². The maximum Gasteiger partial charge on any atom is 0.258 e. The number of hydrogen-bond donors (Lipinski definition) is 0. The van der Waals surface area contributed by atoms with Crippen molar-refractivity contribution in [2.45, 2.75) is 6.42 Å². The summed E-state index contributed by atoms with van der Waals surface area (Å²) in [7, 11) is 0. The number of fused-ring (bicyclic) bond motifs is 1. The molecule has 0 unspecified atom stereocenters. The van der Waals surface area contributed by atoms with Crippen LogP contribution < -0.4 is 4.90 Å². The molecule has 3 rings (SSSR count). The molecule has 1 aliphatic rings. The normalized spacial score (nSPS) is 14.0. The zero-order chi connectivity index (χ0) is 15.9. The lowest BCUT2D eigenvalue weighted by Gasteiger charge is -2.28. The Labute approximate surface area is 124 Å². The Kier molecular flexibility index (Phi) is 3.44. The maximum atomic E-state index is 13.3. The van der Waals surface area contributed by atoms with E-state index in [4.69, 9.17) is 0 Å². The number of rotatable bonds is 1. The molecule has 0 spiro atoms. The van der Waals surface area contributed by atoms with E-state index in [1.807, 2.05) is 0 Å². The molecule has 0 saturated heterocycles. The Morgan fingerprint density at radius 2 is 1.77 bits per heavy atom. The van der Waals surface area contributed by atoms with Crippen LogP contribution in [-0.4, -0.2) is 18.2 Å². The third-order valence-electron chi connectivity index (χ3n) is 3.52. The van der Waals surface area contributed by atoms with Gasteiger partial charge < -0.3 is 4.90 Å². The van der Waals surface area contributed by atoms with Crippen molar-refractivity contribution >= 4 is 17.4 Å². The Morgan fingerprint density at radius 1 is 1.00 bits per heavy atom. The van der Waals surface area contributed by atoms with E-state index < -0.39 is 23.4 Å². The van der Waals surface area contributed by atoms with Gasteiger partial charge in [0, 0.05) is 24.1 Å². The third-order valence-corrected chi connectivity index (χ3v) is 3.52. The first-order chi connectivity index (χ1) is 10.5. The Morgan fingerprint density at radius 3 is 2.50 bits per heavy atom. The molecule has 0 aliphatic carbocycles. The van der Waals surface area contributed by atoms with Gasteiger partial charge in [-0.2, -0.15) is 0 Å². The molecular weight excluding hydrogens is 295 g/mol. The van der Waals surface area contributed by atoms with E-state index in [2.05, 4.69) is 0 Å². The van der Waals surface area contributed by atoms with Crippen LogP contribution in [0.3, 0.4) is 0 Å². The van der Waals surface area contributed by atoms with Crippen LogP contribution in [0.15, 0.2) is 36.4 Å². The number of nitrogens with zero attached hydrogens (tertiary/aromatic N) is 1. The molecule has 22 heavy (non-hydrogen) atoms. The molecule has 0 fully saturated rings. The number of amides is 1. The number of halogens is 3. The minimum Gasteiger partial charge on any atom is -0.307 e. The molecule has 0 saturated carbocycles. The highest BCUT2D eigenvalue weighted by atomic mass is 19.2. The van der Waals surface area contributed by atoms with Gasteiger partial charge in [-0.15, -0.1) is 0 Å². The van der Waals surface area contributed by atoms with Gasteiger partial charge in [-0.25, -0.2) is 13.2 Å². The second kappa shape index (κ2) is 5.29. The maximum absolute atomic E-state index is 13.3. The van der Waals surface area contributed by atoms with E-state index in [0.717, 1.165) is 24.3 Å². The van der Waals surface area contributed by atoms with Crippen LogP contribution in [0.25, 0.3) is 0 Å². The van der Waals surface area contributed by atoms with Gasteiger partial charge in [0.2, 0.25) is 0 Å². The summed E-state index contributed by atoms with van der Waals surface area (Å²) < 4.78 is 39.5. The summed E-state index contributed by atoms with van der Waals surface area (Å²) in [5.41, 5.74) is 0.345. The lowest BCUT2D eigenvalue weighted by atomic mass is 9.99. The van der Waals surface area contributed by atoms with Gasteiger partial charge in [-0.05, 0) is 36.4 Å². The third kappa shape index (κ3) is 2.36. The summed E-state index contributed by atoms with van der Waals surface area (Å²) in [5, 5.41) is 0. The number of carbonyl (C=O) groups excluding carboxylic acids is 2. The van der Waals surface area contributed by atoms with Crippen molar-refractivity contribution in [3.05, 3.63) is 65.0 Å². The summed E-state index contributed by atoms with van der Waals surface area (Å²) >= 11 is 0. The predicted octanol–water partition coefficient (Wildman–Crippen LogP) is 3.34. The molecule has 0 N–H and O–H groups in total. The number of Topliss-reactive ketones (excluding diaryl/α,β-unsaturated/α-hetero) is 1. The van der Waals surface area contributed by atoms with E-state index in [-0.39, 0.29) is 35.6 Å². The van der Waals surface area contributed by atoms with Gasteiger partial charge in [-0.1, -0.05) is 0 Å². The molecule has 6 heteroatoms. The zero-order valence-corrected chi connectivity index (χ0v) is 11.3. The standard InChI is InChI=1S/C16H10F3NO2/c17-10-2-4-14-11(8-10)15(21)5-6-20(14)16(22)9-1-3-12(18)13(19)7-9/h1-4,7-8H,5-6H2. The van der Waals surface area contributed by atoms with Crippen LogP contribution >= 0.6 is 0 Å². The molecule has 112 valence electrons. The second-order valence-electron chi connectivity index (χ2n) is 4.92. The smallest absolute Gasteiger partial charge is 0.258 e. The average Bonchev–Trinajstić information content (AvgIpc) is 2.50. The Bertz CT molecular complexity index is 789. The summed E-state index contributed by atoms with van der Waals surface area (Å²) in [5.74, 6) is -3.58. The molecule has 1 heterocycles. The highest BCUT2D eigenvalue weighted by molar-refractivity contribution is 6.13. The first kappa shape index (κ1) is 14.3. The monoisotopic (exact) mass is 305 g/mol. The van der Waals surface area contributed by atoms with Crippen LogP contribution in [0.1, 0.15) is 27.1 Å². The molecule has 2 aromatic rings. The van der Waals surface area contributed by atoms with Gasteiger partial charge in [0.25, 0.3) is 5.91 Å². The first-order valence-corrected chi connectivity index (χ1v) is 6.57. The summed E-state index contributed by atoms with van der Waals surface area (Å²) in [6, 6.07) is 6.38. The van der Waals surface area contributed by atoms with Crippen molar-refractivity contribution in [3.8, 4) is 0 Å². The van der Waals surface area contributed by atoms with Crippen LogP contribution in [0.5, 0.6) is 0 Å². The van der Waals surface area contributed by atoms with Crippen molar-refractivity contribution in [2.75, 3.05) is 11.4 Å². The molecule has 0 atom stereocenters.